The van der Waals surface area contributed by atoms with Crippen molar-refractivity contribution < 1.29 is 0 Å². The Bertz CT molecular complexity index is 712. The van der Waals surface area contributed by atoms with E-state index in [2.05, 4.69) is 75.2 Å². The molecule has 0 unspecified atom stereocenters. The summed E-state index contributed by atoms with van der Waals surface area (Å²) in [4.78, 5) is 18.9. The molecular formula is C21H36ClN5S. The number of nitrogens with zero attached hydrogens (tertiary/aromatic N) is 5. The molecule has 0 bridgehead atoms. The highest BCUT2D eigenvalue weighted by Crippen LogP contribution is 2.44. The number of halogens is 1. The predicted octanol–water partition coefficient (Wildman–Crippen LogP) is 5.53. The van der Waals surface area contributed by atoms with E-state index in [1.807, 2.05) is 0 Å². The zero-order valence-electron chi connectivity index (χ0n) is 18.7. The average Bonchev–Trinajstić information content (AvgIpc) is 2.40. The van der Waals surface area contributed by atoms with Gasteiger partial charge in [0, 0.05) is 27.4 Å². The zero-order chi connectivity index (χ0) is 21.1. The average molecular weight is 426 g/mol. The fourth-order valence-electron chi connectivity index (χ4n) is 5.84. The molecule has 0 aliphatic carbocycles. The predicted molar refractivity (Wildman–Crippen MR) is 122 cm³/mol. The summed E-state index contributed by atoms with van der Waals surface area (Å²) in [6.45, 7) is 18.0. The maximum absolute atomic E-state index is 6.46. The van der Waals surface area contributed by atoms with Gasteiger partial charge in [-0.15, -0.1) is 0 Å². The van der Waals surface area contributed by atoms with Crippen LogP contribution in [-0.2, 0) is 0 Å². The lowest BCUT2D eigenvalue weighted by atomic mass is 9.79. The molecule has 2 aliphatic rings. The van der Waals surface area contributed by atoms with Crippen LogP contribution in [-0.4, -0.2) is 42.4 Å². The van der Waals surface area contributed by atoms with Crippen LogP contribution in [0.1, 0.15) is 87.5 Å². The van der Waals surface area contributed by atoms with Crippen LogP contribution in [0.2, 0.25) is 5.28 Å². The largest absolute Gasteiger partial charge is 0.330 e. The van der Waals surface area contributed by atoms with Gasteiger partial charge >= 0.3 is 0 Å². The van der Waals surface area contributed by atoms with Crippen LogP contribution >= 0.6 is 24.2 Å². The third-order valence-electron chi connectivity index (χ3n) is 6.45. The molecule has 1 aromatic rings. The number of thiol groups is 1. The molecule has 3 rings (SSSR count). The molecule has 0 radical (unpaired) electrons. The molecular weight excluding hydrogens is 390 g/mol. The fourth-order valence-corrected chi connectivity index (χ4v) is 6.88. The summed E-state index contributed by atoms with van der Waals surface area (Å²) in [5.74, 6) is 1.35. The summed E-state index contributed by atoms with van der Waals surface area (Å²) in [5.41, 5.74) is -0.314. The van der Waals surface area contributed by atoms with E-state index in [0.717, 1.165) is 25.7 Å². The van der Waals surface area contributed by atoms with Gasteiger partial charge in [-0.05, 0) is 99.1 Å². The van der Waals surface area contributed by atoms with Crippen LogP contribution in [0.4, 0.5) is 11.9 Å². The van der Waals surface area contributed by atoms with Gasteiger partial charge in [0.15, 0.2) is 0 Å². The molecule has 0 amide bonds. The maximum atomic E-state index is 6.46. The SMILES string of the molecule is CC1(C)CCCC(C)(C)N1c1nc(Cl)nc(N2C(C)(C)CC(S)CC2(C)C)n1. The molecule has 0 saturated carbocycles. The first-order valence-corrected chi connectivity index (χ1v) is 11.3. The highest BCUT2D eigenvalue weighted by molar-refractivity contribution is 7.80. The second-order valence-electron chi connectivity index (χ2n) is 11.0. The van der Waals surface area contributed by atoms with Crippen molar-refractivity contribution in [1.29, 1.82) is 0 Å². The van der Waals surface area contributed by atoms with Crippen LogP contribution < -0.4 is 9.80 Å². The Morgan fingerprint density at radius 2 is 1.14 bits per heavy atom. The van der Waals surface area contributed by atoms with Crippen molar-refractivity contribution >= 4 is 36.1 Å². The highest BCUT2D eigenvalue weighted by atomic mass is 35.5. The van der Waals surface area contributed by atoms with E-state index in [-0.39, 0.29) is 27.4 Å². The van der Waals surface area contributed by atoms with Crippen molar-refractivity contribution in [2.24, 2.45) is 0 Å². The van der Waals surface area contributed by atoms with Crippen LogP contribution in [0, 0.1) is 0 Å². The Hall–Kier alpha value is -0.750. The van der Waals surface area contributed by atoms with Gasteiger partial charge in [-0.2, -0.15) is 27.6 Å². The lowest BCUT2D eigenvalue weighted by Crippen LogP contribution is -2.62. The van der Waals surface area contributed by atoms with E-state index in [1.165, 1.54) is 6.42 Å². The molecule has 0 spiro atoms. The van der Waals surface area contributed by atoms with Gasteiger partial charge in [0.1, 0.15) is 0 Å². The molecule has 3 heterocycles. The Balaban J connectivity index is 2.12. The quantitative estimate of drug-likeness (QED) is 0.631. The van der Waals surface area contributed by atoms with E-state index in [0.29, 0.717) is 17.1 Å². The van der Waals surface area contributed by atoms with Gasteiger partial charge in [-0.25, -0.2) is 0 Å². The van der Waals surface area contributed by atoms with Gasteiger partial charge in [0.2, 0.25) is 17.2 Å². The Morgan fingerprint density at radius 3 is 1.57 bits per heavy atom. The van der Waals surface area contributed by atoms with Crippen LogP contribution in [0.3, 0.4) is 0 Å². The van der Waals surface area contributed by atoms with Gasteiger partial charge in [0.25, 0.3) is 0 Å². The van der Waals surface area contributed by atoms with E-state index >= 15 is 0 Å². The summed E-state index contributed by atoms with van der Waals surface area (Å²) in [6.07, 6.45) is 5.36. The second-order valence-corrected chi connectivity index (χ2v) is 12.1. The number of rotatable bonds is 2. The second kappa shape index (κ2) is 6.90. The molecule has 5 nitrogen and oxygen atoms in total. The lowest BCUT2D eigenvalue weighted by molar-refractivity contribution is 0.236. The van der Waals surface area contributed by atoms with Crippen molar-refractivity contribution in [1.82, 2.24) is 15.0 Å². The Labute approximate surface area is 181 Å². The molecule has 0 aromatic carbocycles. The summed E-state index contributed by atoms with van der Waals surface area (Å²) >= 11 is 11.3. The summed E-state index contributed by atoms with van der Waals surface area (Å²) in [7, 11) is 0. The summed E-state index contributed by atoms with van der Waals surface area (Å²) < 4.78 is 0. The van der Waals surface area contributed by atoms with Crippen LogP contribution in [0.25, 0.3) is 0 Å². The molecule has 7 heteroatoms. The number of hydrogen-bond acceptors (Lipinski definition) is 6. The van der Waals surface area contributed by atoms with Crippen molar-refractivity contribution in [2.45, 2.75) is 115 Å². The zero-order valence-corrected chi connectivity index (χ0v) is 20.3. The number of anilines is 2. The monoisotopic (exact) mass is 425 g/mol. The highest BCUT2D eigenvalue weighted by Gasteiger charge is 2.47. The van der Waals surface area contributed by atoms with Crippen LogP contribution in [0.5, 0.6) is 0 Å². The molecule has 0 N–H and O–H groups in total. The topological polar surface area (TPSA) is 45.2 Å². The fraction of sp³-hybridized carbons (Fsp3) is 0.857. The molecule has 158 valence electrons. The summed E-state index contributed by atoms with van der Waals surface area (Å²) in [5, 5.41) is 0.620. The summed E-state index contributed by atoms with van der Waals surface area (Å²) in [6, 6.07) is 0. The van der Waals surface area contributed by atoms with E-state index in [9.17, 15) is 0 Å². The molecule has 28 heavy (non-hydrogen) atoms. The van der Waals surface area contributed by atoms with Crippen molar-refractivity contribution in [3.05, 3.63) is 5.28 Å². The first kappa shape index (κ1) is 21.9. The molecule has 2 aliphatic heterocycles. The van der Waals surface area contributed by atoms with Gasteiger partial charge in [-0.3, -0.25) is 0 Å². The van der Waals surface area contributed by atoms with Gasteiger partial charge in [-0.1, -0.05) is 0 Å². The smallest absolute Gasteiger partial charge is 0.232 e. The van der Waals surface area contributed by atoms with Gasteiger partial charge < -0.3 is 9.80 Å². The Kier molecular flexibility index (Phi) is 5.41. The maximum Gasteiger partial charge on any atom is 0.232 e. The minimum Gasteiger partial charge on any atom is -0.330 e. The third kappa shape index (κ3) is 3.96. The molecule has 2 fully saturated rings. The van der Waals surface area contributed by atoms with Crippen molar-refractivity contribution in [3.63, 3.8) is 0 Å². The van der Waals surface area contributed by atoms with Crippen molar-refractivity contribution in [3.8, 4) is 0 Å². The van der Waals surface area contributed by atoms with Crippen LogP contribution in [0.15, 0.2) is 0 Å². The van der Waals surface area contributed by atoms with E-state index in [1.54, 1.807) is 0 Å². The first-order valence-electron chi connectivity index (χ1n) is 10.4. The Morgan fingerprint density at radius 1 is 0.750 bits per heavy atom. The third-order valence-corrected chi connectivity index (χ3v) is 6.99. The lowest BCUT2D eigenvalue weighted by Gasteiger charge is -2.55. The number of piperidine rings is 2. The number of hydrogen-bond donors (Lipinski definition) is 1. The normalized spacial score (nSPS) is 26.4. The molecule has 0 atom stereocenters. The minimum absolute atomic E-state index is 0.0349. The van der Waals surface area contributed by atoms with E-state index < -0.39 is 0 Å². The molecule has 1 aromatic heterocycles. The standard InChI is InChI=1S/C21H36ClN5S/c1-18(2)10-9-11-19(3,4)26(18)16-23-15(22)24-17(25-16)27-20(5,6)12-14(28)13-21(27,7)8/h14,28H,9-13H2,1-8H3. The van der Waals surface area contributed by atoms with Gasteiger partial charge in [0.05, 0.1) is 0 Å². The van der Waals surface area contributed by atoms with E-state index in [4.69, 9.17) is 29.2 Å². The number of aromatic nitrogens is 3. The van der Waals surface area contributed by atoms with Crippen molar-refractivity contribution in [2.75, 3.05) is 9.80 Å². The minimum atomic E-state index is -0.122. The molecule has 2 saturated heterocycles. The first-order chi connectivity index (χ1) is 12.7.